The minimum atomic E-state index is -3.83. The molecule has 0 spiro atoms. The van der Waals surface area contributed by atoms with E-state index >= 15 is 0 Å². The molecule has 7 rings (SSSR count). The fourth-order valence-electron chi connectivity index (χ4n) is 8.31. The van der Waals surface area contributed by atoms with Gasteiger partial charge in [0.1, 0.15) is 17.1 Å². The van der Waals surface area contributed by atoms with Crippen molar-refractivity contribution in [1.29, 1.82) is 5.26 Å². The van der Waals surface area contributed by atoms with Gasteiger partial charge >= 0.3 is 0 Å². The van der Waals surface area contributed by atoms with Gasteiger partial charge in [-0.15, -0.1) is 0 Å². The summed E-state index contributed by atoms with van der Waals surface area (Å²) in [6.07, 6.45) is 7.20. The van der Waals surface area contributed by atoms with Crippen LogP contribution in [0.2, 0.25) is 0 Å². The molecule has 3 aromatic carbocycles. The standard InChI is InChI=1S/C35H37N5O2S/c1-24(2)22-25-12-10-21-35(32(23-36)39(3)30-18-9-15-27(25)33(30)35)38-37-34-20-11-19-31(34)40(29-17-8-7-16-28(29)34)43(41,42)26-13-5-4-6-14-26/h4-9,13-18,22,25,31-32H,10-12,19-21H2,1-3H3/b38-37+/t25-,31-,32-,34+,35-/m1/s1. The lowest BCUT2D eigenvalue weighted by Gasteiger charge is -2.33. The second kappa shape index (κ2) is 10.1. The van der Waals surface area contributed by atoms with Crippen LogP contribution in [0.1, 0.15) is 75.0 Å². The molecular weight excluding hydrogens is 554 g/mol. The molecule has 0 N–H and O–H groups in total. The molecule has 8 heteroatoms. The van der Waals surface area contributed by atoms with E-state index in [0.717, 1.165) is 36.1 Å². The van der Waals surface area contributed by atoms with Crippen LogP contribution in [0.4, 0.5) is 11.4 Å². The fraction of sp³-hybridized carbons (Fsp3) is 0.400. The number of rotatable bonds is 5. The van der Waals surface area contributed by atoms with E-state index in [1.807, 2.05) is 37.4 Å². The van der Waals surface area contributed by atoms with Crippen LogP contribution in [0.25, 0.3) is 0 Å². The molecule has 1 fully saturated rings. The highest BCUT2D eigenvalue weighted by Gasteiger charge is 2.59. The highest BCUT2D eigenvalue weighted by molar-refractivity contribution is 7.92. The van der Waals surface area contributed by atoms with Gasteiger partial charge in [-0.1, -0.05) is 60.2 Å². The Morgan fingerprint density at radius 1 is 0.907 bits per heavy atom. The molecule has 0 bridgehead atoms. The fourth-order valence-corrected chi connectivity index (χ4v) is 10.1. The zero-order valence-electron chi connectivity index (χ0n) is 24.9. The smallest absolute Gasteiger partial charge is 0.264 e. The number of sulfonamides is 1. The van der Waals surface area contributed by atoms with E-state index < -0.39 is 27.1 Å². The molecule has 7 nitrogen and oxygen atoms in total. The summed E-state index contributed by atoms with van der Waals surface area (Å²) in [5.41, 5.74) is 4.59. The summed E-state index contributed by atoms with van der Waals surface area (Å²) >= 11 is 0. The number of hydrogen-bond donors (Lipinski definition) is 0. The van der Waals surface area contributed by atoms with Crippen LogP contribution in [-0.2, 0) is 21.1 Å². The summed E-state index contributed by atoms with van der Waals surface area (Å²) in [4.78, 5) is 2.35. The number of azo groups is 1. The summed E-state index contributed by atoms with van der Waals surface area (Å²) in [7, 11) is -1.84. The lowest BCUT2D eigenvalue weighted by Crippen LogP contribution is -2.44. The minimum absolute atomic E-state index is 0.249. The zero-order valence-corrected chi connectivity index (χ0v) is 25.8. The lowest BCUT2D eigenvalue weighted by atomic mass is 9.81. The van der Waals surface area contributed by atoms with Crippen molar-refractivity contribution >= 4 is 21.4 Å². The number of hydrogen-bond acceptors (Lipinski definition) is 6. The van der Waals surface area contributed by atoms with Crippen LogP contribution in [0, 0.1) is 11.3 Å². The largest absolute Gasteiger partial charge is 0.356 e. The molecule has 0 aromatic heterocycles. The Labute approximate surface area is 254 Å². The summed E-state index contributed by atoms with van der Waals surface area (Å²) in [6, 6.07) is 24.6. The highest BCUT2D eigenvalue weighted by atomic mass is 32.2. The molecule has 0 amide bonds. The van der Waals surface area contributed by atoms with Crippen LogP contribution in [0.15, 0.2) is 99.6 Å². The van der Waals surface area contributed by atoms with Crippen LogP contribution >= 0.6 is 0 Å². The van der Waals surface area contributed by atoms with Crippen molar-refractivity contribution in [3.05, 3.63) is 101 Å². The Bertz CT molecular complexity index is 1790. The van der Waals surface area contributed by atoms with Crippen LogP contribution in [0.5, 0.6) is 0 Å². The van der Waals surface area contributed by atoms with Crippen molar-refractivity contribution in [2.45, 2.75) is 86.3 Å². The Morgan fingerprint density at radius 3 is 2.35 bits per heavy atom. The van der Waals surface area contributed by atoms with Crippen molar-refractivity contribution in [1.82, 2.24) is 0 Å². The van der Waals surface area contributed by atoms with Gasteiger partial charge in [0.15, 0.2) is 0 Å². The van der Waals surface area contributed by atoms with Gasteiger partial charge in [0.25, 0.3) is 10.0 Å². The zero-order chi connectivity index (χ0) is 30.0. The Hall–Kier alpha value is -3.96. The van der Waals surface area contributed by atoms with Crippen LogP contribution in [-0.4, -0.2) is 27.5 Å². The third-order valence-corrected chi connectivity index (χ3v) is 11.9. The molecule has 0 radical (unpaired) electrons. The van der Waals surface area contributed by atoms with Gasteiger partial charge in [0.2, 0.25) is 0 Å². The number of para-hydroxylation sites is 1. The SMILES string of the molecule is CC(C)=C[C@H]1CCC[C@]2(/N=N/[C@]34CCC[C@H]3N(S(=O)(=O)c3ccccc3)c3ccccc34)c3c1cccc3N(C)[C@@H]2C#N. The predicted octanol–water partition coefficient (Wildman–Crippen LogP) is 7.57. The summed E-state index contributed by atoms with van der Waals surface area (Å²) in [6.45, 7) is 4.27. The Morgan fingerprint density at radius 2 is 1.58 bits per heavy atom. The first kappa shape index (κ1) is 27.8. The maximum Gasteiger partial charge on any atom is 0.264 e. The number of anilines is 2. The molecule has 43 heavy (non-hydrogen) atoms. The van der Waals surface area contributed by atoms with Crippen molar-refractivity contribution in [2.75, 3.05) is 16.3 Å². The predicted molar refractivity (Wildman–Crippen MR) is 169 cm³/mol. The van der Waals surface area contributed by atoms with E-state index in [1.54, 1.807) is 28.6 Å². The quantitative estimate of drug-likeness (QED) is 0.226. The van der Waals surface area contributed by atoms with E-state index in [4.69, 9.17) is 10.2 Å². The first-order valence-corrected chi connectivity index (χ1v) is 16.7. The van der Waals surface area contributed by atoms with Gasteiger partial charge < -0.3 is 4.90 Å². The van der Waals surface area contributed by atoms with E-state index in [2.05, 4.69) is 49.1 Å². The molecule has 220 valence electrons. The molecule has 1 saturated carbocycles. The average molecular weight is 592 g/mol. The second-order valence-corrected chi connectivity index (χ2v) is 14.5. The van der Waals surface area contributed by atoms with Gasteiger partial charge in [0.05, 0.1) is 22.7 Å². The molecule has 4 aliphatic rings. The minimum Gasteiger partial charge on any atom is -0.356 e. The monoisotopic (exact) mass is 591 g/mol. The van der Waals surface area contributed by atoms with Crippen molar-refractivity contribution in [2.24, 2.45) is 10.2 Å². The summed E-state index contributed by atoms with van der Waals surface area (Å²) in [5.74, 6) is 0.249. The van der Waals surface area contributed by atoms with E-state index in [1.165, 1.54) is 11.1 Å². The topological polar surface area (TPSA) is 89.1 Å². The molecule has 0 unspecified atom stereocenters. The van der Waals surface area contributed by atoms with Gasteiger partial charge in [0, 0.05) is 29.8 Å². The van der Waals surface area contributed by atoms with Crippen LogP contribution < -0.4 is 9.21 Å². The number of benzene rings is 3. The van der Waals surface area contributed by atoms with E-state index in [0.29, 0.717) is 24.9 Å². The van der Waals surface area contributed by atoms with Gasteiger partial charge in [-0.05, 0) is 82.2 Å². The Balaban J connectivity index is 1.41. The van der Waals surface area contributed by atoms with Gasteiger partial charge in [-0.3, -0.25) is 4.31 Å². The molecule has 2 aliphatic heterocycles. The molecule has 5 atom stereocenters. The average Bonchev–Trinajstić information content (AvgIpc) is 3.58. The van der Waals surface area contributed by atoms with Gasteiger partial charge in [-0.25, -0.2) is 8.42 Å². The first-order chi connectivity index (χ1) is 20.7. The molecular formula is C35H37N5O2S. The van der Waals surface area contributed by atoms with Crippen molar-refractivity contribution in [3.8, 4) is 6.07 Å². The number of nitrogens with zero attached hydrogens (tertiary/aromatic N) is 5. The maximum absolute atomic E-state index is 14.2. The molecule has 0 saturated heterocycles. The number of nitriles is 1. The number of fused-ring (bicyclic) bond motifs is 3. The van der Waals surface area contributed by atoms with Gasteiger partial charge in [-0.2, -0.15) is 15.5 Å². The molecule has 2 heterocycles. The lowest BCUT2D eigenvalue weighted by molar-refractivity contribution is 0.323. The Kier molecular flexibility index (Phi) is 6.51. The highest BCUT2D eigenvalue weighted by Crippen LogP contribution is 2.59. The summed E-state index contributed by atoms with van der Waals surface area (Å²) in [5, 5.41) is 21.2. The molecule has 2 aliphatic carbocycles. The normalized spacial score (nSPS) is 29.1. The van der Waals surface area contributed by atoms with Crippen molar-refractivity contribution in [3.63, 3.8) is 0 Å². The summed E-state index contributed by atoms with van der Waals surface area (Å²) < 4.78 is 30.0. The number of allylic oxidation sites excluding steroid dienone is 2. The molecule has 3 aromatic rings. The first-order valence-electron chi connectivity index (χ1n) is 15.3. The third-order valence-electron chi connectivity index (χ3n) is 10.0. The van der Waals surface area contributed by atoms with Crippen molar-refractivity contribution < 1.29 is 8.42 Å². The van der Waals surface area contributed by atoms with E-state index in [-0.39, 0.29) is 16.9 Å². The van der Waals surface area contributed by atoms with E-state index in [9.17, 15) is 13.7 Å². The maximum atomic E-state index is 14.2. The van der Waals surface area contributed by atoms with Crippen LogP contribution in [0.3, 0.4) is 0 Å². The second-order valence-electron chi connectivity index (χ2n) is 12.7. The third kappa shape index (κ3) is 3.94. The number of likely N-dealkylation sites (N-methyl/N-ethyl adjacent to an activating group) is 1.